The fraction of sp³-hybridized carbons (Fsp3) is 0.481. The fourth-order valence-electron chi connectivity index (χ4n) is 4.95. The van der Waals surface area contributed by atoms with Crippen molar-refractivity contribution in [3.05, 3.63) is 65.2 Å². The summed E-state index contributed by atoms with van der Waals surface area (Å²) in [7, 11) is -3.76. The number of nitrogens with zero attached hydrogens (tertiary/aromatic N) is 3. The topological polar surface area (TPSA) is 93.5 Å². The average Bonchev–Trinajstić information content (AvgIpc) is 2.89. The van der Waals surface area contributed by atoms with E-state index in [4.69, 9.17) is 0 Å². The first kappa shape index (κ1) is 25.4. The quantitative estimate of drug-likeness (QED) is 0.636. The fourth-order valence-corrected chi connectivity index (χ4v) is 6.57. The molecule has 1 amide bonds. The Hall–Kier alpha value is -2.73. The van der Waals surface area contributed by atoms with Gasteiger partial charge in [0.05, 0.1) is 10.5 Å². The minimum atomic E-state index is -3.76. The summed E-state index contributed by atoms with van der Waals surface area (Å²) in [5, 5.41) is 12.4. The van der Waals surface area contributed by atoms with E-state index in [1.54, 1.807) is 12.1 Å². The molecule has 2 aromatic rings. The van der Waals surface area contributed by atoms with Gasteiger partial charge in [-0.05, 0) is 68.0 Å². The van der Waals surface area contributed by atoms with E-state index in [1.165, 1.54) is 34.8 Å². The van der Waals surface area contributed by atoms with E-state index in [9.17, 15) is 18.5 Å². The standard InChI is InChI=1S/C27H34N4O3S/c1-21-10-14-30(15-11-21)20-25-8-3-2-7-24(25)19-29-27(32)22-12-16-31(17-13-22)35(33,34)26-9-5-4-6-23(26)18-28/h2-9,21-22H,10-17,19-20H2,1H3,(H,29,32). The lowest BCUT2D eigenvalue weighted by atomic mass is 9.96. The molecule has 0 radical (unpaired) electrons. The molecule has 1 N–H and O–H groups in total. The molecule has 0 aliphatic carbocycles. The summed E-state index contributed by atoms with van der Waals surface area (Å²) < 4.78 is 27.5. The largest absolute Gasteiger partial charge is 0.352 e. The first-order valence-electron chi connectivity index (χ1n) is 12.4. The number of nitrogens with one attached hydrogen (secondary N) is 1. The van der Waals surface area contributed by atoms with Crippen LogP contribution in [0.5, 0.6) is 0 Å². The van der Waals surface area contributed by atoms with E-state index in [-0.39, 0.29) is 35.4 Å². The van der Waals surface area contributed by atoms with Gasteiger partial charge in [-0.3, -0.25) is 9.69 Å². The van der Waals surface area contributed by atoms with Crippen LogP contribution in [-0.4, -0.2) is 49.7 Å². The molecule has 2 aliphatic heterocycles. The highest BCUT2D eigenvalue weighted by Gasteiger charge is 2.33. The van der Waals surface area contributed by atoms with Crippen LogP contribution in [0.2, 0.25) is 0 Å². The molecule has 8 heteroatoms. The van der Waals surface area contributed by atoms with Gasteiger partial charge in [0.15, 0.2) is 0 Å². The van der Waals surface area contributed by atoms with Crippen LogP contribution in [0.3, 0.4) is 0 Å². The molecular weight excluding hydrogens is 460 g/mol. The highest BCUT2D eigenvalue weighted by Crippen LogP contribution is 2.26. The van der Waals surface area contributed by atoms with Crippen molar-refractivity contribution in [3.63, 3.8) is 0 Å². The van der Waals surface area contributed by atoms with Crippen LogP contribution in [0, 0.1) is 23.2 Å². The maximum absolute atomic E-state index is 13.0. The van der Waals surface area contributed by atoms with E-state index >= 15 is 0 Å². The summed E-state index contributed by atoms with van der Waals surface area (Å²) in [5.74, 6) is 0.549. The summed E-state index contributed by atoms with van der Waals surface area (Å²) in [6.45, 7) is 6.46. The number of carbonyl (C=O) groups is 1. The zero-order valence-electron chi connectivity index (χ0n) is 20.3. The Morgan fingerprint density at radius 3 is 2.29 bits per heavy atom. The van der Waals surface area contributed by atoms with Crippen molar-refractivity contribution in [2.24, 2.45) is 11.8 Å². The summed E-state index contributed by atoms with van der Waals surface area (Å²) in [6.07, 6.45) is 3.39. The molecule has 0 saturated carbocycles. The van der Waals surface area contributed by atoms with Gasteiger partial charge in [-0.1, -0.05) is 43.3 Å². The highest BCUT2D eigenvalue weighted by atomic mass is 32.2. The van der Waals surface area contributed by atoms with Gasteiger partial charge >= 0.3 is 0 Å². The minimum Gasteiger partial charge on any atom is -0.352 e. The summed E-state index contributed by atoms with van der Waals surface area (Å²) in [5.41, 5.74) is 2.53. The Labute approximate surface area is 208 Å². The number of hydrogen-bond donors (Lipinski definition) is 1. The molecule has 0 unspecified atom stereocenters. The van der Waals surface area contributed by atoms with Gasteiger partial charge < -0.3 is 5.32 Å². The van der Waals surface area contributed by atoms with Crippen LogP contribution in [0.25, 0.3) is 0 Å². The number of likely N-dealkylation sites (tertiary alicyclic amines) is 1. The van der Waals surface area contributed by atoms with Crippen molar-refractivity contribution in [1.29, 1.82) is 5.26 Å². The van der Waals surface area contributed by atoms with Gasteiger partial charge in [-0.15, -0.1) is 0 Å². The Kier molecular flexibility index (Phi) is 8.22. The molecule has 4 rings (SSSR count). The van der Waals surface area contributed by atoms with Crippen molar-refractivity contribution >= 4 is 15.9 Å². The summed E-state index contributed by atoms with van der Waals surface area (Å²) in [6, 6.07) is 16.5. The first-order valence-corrected chi connectivity index (χ1v) is 13.9. The third kappa shape index (κ3) is 6.10. The second-order valence-corrected chi connectivity index (χ2v) is 11.6. The van der Waals surface area contributed by atoms with E-state index < -0.39 is 10.0 Å². The van der Waals surface area contributed by atoms with Gasteiger partial charge in [0.25, 0.3) is 0 Å². The minimum absolute atomic E-state index is 0.0268. The number of nitriles is 1. The molecule has 0 spiro atoms. The third-order valence-electron chi connectivity index (χ3n) is 7.29. The number of rotatable bonds is 7. The van der Waals surface area contributed by atoms with Gasteiger partial charge in [-0.2, -0.15) is 9.57 Å². The van der Waals surface area contributed by atoms with Crippen LogP contribution in [0.1, 0.15) is 49.3 Å². The Morgan fingerprint density at radius 2 is 1.60 bits per heavy atom. The highest BCUT2D eigenvalue weighted by molar-refractivity contribution is 7.89. The van der Waals surface area contributed by atoms with E-state index in [1.807, 2.05) is 18.2 Å². The normalized spacial score (nSPS) is 18.7. The van der Waals surface area contributed by atoms with Gasteiger partial charge in [0.1, 0.15) is 6.07 Å². The average molecular weight is 495 g/mol. The molecule has 35 heavy (non-hydrogen) atoms. The first-order chi connectivity index (χ1) is 16.9. The number of amides is 1. The lowest BCUT2D eigenvalue weighted by Crippen LogP contribution is -2.43. The molecule has 2 aromatic carbocycles. The Balaban J connectivity index is 1.31. The van der Waals surface area contributed by atoms with Gasteiger partial charge in [0, 0.05) is 32.1 Å². The maximum atomic E-state index is 13.0. The monoisotopic (exact) mass is 494 g/mol. The zero-order chi connectivity index (χ0) is 24.8. The van der Waals surface area contributed by atoms with E-state index in [0.29, 0.717) is 19.4 Å². The van der Waals surface area contributed by atoms with Crippen LogP contribution in [0.4, 0.5) is 0 Å². The van der Waals surface area contributed by atoms with Crippen molar-refractivity contribution in [3.8, 4) is 6.07 Å². The molecule has 2 fully saturated rings. The molecule has 7 nitrogen and oxygen atoms in total. The van der Waals surface area contributed by atoms with Crippen LogP contribution < -0.4 is 5.32 Å². The molecule has 2 heterocycles. The number of carbonyl (C=O) groups excluding carboxylic acids is 1. The molecule has 2 saturated heterocycles. The van der Waals surface area contributed by atoms with E-state index in [0.717, 1.165) is 31.1 Å². The number of benzene rings is 2. The molecule has 0 atom stereocenters. The molecular formula is C27H34N4O3S. The summed E-state index contributed by atoms with van der Waals surface area (Å²) >= 11 is 0. The van der Waals surface area contributed by atoms with Crippen LogP contribution >= 0.6 is 0 Å². The van der Waals surface area contributed by atoms with E-state index in [2.05, 4.69) is 29.3 Å². The van der Waals surface area contributed by atoms with Gasteiger partial charge in [0.2, 0.25) is 15.9 Å². The van der Waals surface area contributed by atoms with Crippen molar-refractivity contribution in [2.75, 3.05) is 26.2 Å². The Morgan fingerprint density at radius 1 is 0.971 bits per heavy atom. The Bertz CT molecular complexity index is 1170. The molecule has 186 valence electrons. The number of piperidine rings is 2. The second-order valence-electron chi connectivity index (χ2n) is 9.73. The zero-order valence-corrected chi connectivity index (χ0v) is 21.1. The second kappa shape index (κ2) is 11.3. The number of sulfonamides is 1. The molecule has 2 aliphatic rings. The van der Waals surface area contributed by atoms with Crippen LogP contribution in [0.15, 0.2) is 53.4 Å². The molecule has 0 aromatic heterocycles. The SMILES string of the molecule is CC1CCN(Cc2ccccc2CNC(=O)C2CCN(S(=O)(=O)c3ccccc3C#N)CC2)CC1. The van der Waals surface area contributed by atoms with Crippen LogP contribution in [-0.2, 0) is 27.9 Å². The van der Waals surface area contributed by atoms with Gasteiger partial charge in [-0.25, -0.2) is 8.42 Å². The van der Waals surface area contributed by atoms with Crippen molar-refractivity contribution in [2.45, 2.75) is 50.6 Å². The number of hydrogen-bond acceptors (Lipinski definition) is 5. The van der Waals surface area contributed by atoms with Crippen molar-refractivity contribution < 1.29 is 13.2 Å². The maximum Gasteiger partial charge on any atom is 0.244 e. The third-order valence-corrected chi connectivity index (χ3v) is 9.25. The smallest absolute Gasteiger partial charge is 0.244 e. The van der Waals surface area contributed by atoms with Crippen molar-refractivity contribution in [1.82, 2.24) is 14.5 Å². The lowest BCUT2D eigenvalue weighted by Gasteiger charge is -2.31. The summed E-state index contributed by atoms with van der Waals surface area (Å²) in [4.78, 5) is 15.4. The molecule has 0 bridgehead atoms. The lowest BCUT2D eigenvalue weighted by molar-refractivity contribution is -0.126. The predicted molar refractivity (Wildman–Crippen MR) is 135 cm³/mol. The predicted octanol–water partition coefficient (Wildman–Crippen LogP) is 3.51.